The van der Waals surface area contributed by atoms with E-state index in [9.17, 15) is 14.9 Å². The minimum absolute atomic E-state index is 0.0245. The molecular formula is C56H72N7O9PSi. The van der Waals surface area contributed by atoms with E-state index in [-0.39, 0.29) is 60.5 Å². The number of methoxy groups -OCH3 is 1. The van der Waals surface area contributed by atoms with E-state index < -0.39 is 58.5 Å². The molecule has 0 aliphatic carbocycles. The summed E-state index contributed by atoms with van der Waals surface area (Å²) in [5, 5.41) is 12.0. The van der Waals surface area contributed by atoms with Crippen LogP contribution >= 0.6 is 8.53 Å². The molecule has 7 rings (SSSR count). The second-order valence-electron chi connectivity index (χ2n) is 20.8. The zero-order valence-corrected chi connectivity index (χ0v) is 46.6. The van der Waals surface area contributed by atoms with Crippen molar-refractivity contribution >= 4 is 39.9 Å². The number of carbonyl (C=O) groups is 1. The lowest BCUT2D eigenvalue weighted by Crippen LogP contribution is -2.52. The molecule has 74 heavy (non-hydrogen) atoms. The Morgan fingerprint density at radius 2 is 1.46 bits per heavy atom. The number of nitrogens with zero attached hydrogens (tertiary/aromatic N) is 5. The molecule has 3 unspecified atom stereocenters. The van der Waals surface area contributed by atoms with Crippen molar-refractivity contribution in [3.63, 3.8) is 0 Å². The molecule has 2 N–H and O–H groups in total. The molecule has 394 valence electrons. The molecule has 6 aromatic rings. The van der Waals surface area contributed by atoms with E-state index in [2.05, 4.69) is 101 Å². The Balaban J connectivity index is 1.38. The molecule has 5 atom stereocenters. The Morgan fingerprint density at radius 1 is 0.865 bits per heavy atom. The number of nitrogens with one attached hydrogen (secondary N) is 2. The molecule has 1 aliphatic rings. The molecule has 1 saturated heterocycles. The van der Waals surface area contributed by atoms with Gasteiger partial charge in [-0.15, -0.1) is 0 Å². The average Bonchev–Trinajstić information content (AvgIpc) is 3.94. The summed E-state index contributed by atoms with van der Waals surface area (Å²) in [6.45, 7) is 23.2. The summed E-state index contributed by atoms with van der Waals surface area (Å²) in [5.41, 5.74) is 1.96. The summed E-state index contributed by atoms with van der Waals surface area (Å²) in [6.07, 6.45) is -1.99. The maximum atomic E-state index is 13.9. The Morgan fingerprint density at radius 3 is 2.01 bits per heavy atom. The van der Waals surface area contributed by atoms with Gasteiger partial charge in [0.1, 0.15) is 35.4 Å². The van der Waals surface area contributed by atoms with Gasteiger partial charge in [0.2, 0.25) is 5.95 Å². The number of anilines is 1. The molecule has 1 aliphatic heterocycles. The molecule has 18 heteroatoms. The van der Waals surface area contributed by atoms with Crippen LogP contribution < -0.4 is 20.3 Å². The average molecular weight is 1050 g/mol. The van der Waals surface area contributed by atoms with Gasteiger partial charge in [0, 0.05) is 12.1 Å². The Bertz CT molecular complexity index is 2820. The van der Waals surface area contributed by atoms with Crippen molar-refractivity contribution in [2.45, 2.75) is 135 Å². The standard InChI is InChI=1S/C56H72N7O9PSi/c1-37(2)40-24-28-45(29-25-40)67-35-47(64)59-54-60-51-48(52(65)61-54)58-36-62(51)53-50(72-74(11,12)55(7,8)9)49(46(70-53)34-69-73(68-33-19-32-57)63(38(3)4)39(5)6)71-56(41-20-15-13-16-21-41,42-22-17-14-18-23-42)43-26-30-44(66-10)31-27-43/h13-18,20-31,36-39,46,49-50,53H,19,33-35H2,1-12H3,(H2,59,60,61,64,65)/t46?,49-,50-,53?,73?/m1/s1. The topological polar surface area (TPSA) is 184 Å². The SMILES string of the molecule is COc1ccc(C(O[C@@H]2C(COP(OCCC#N)N(C(C)C)C(C)C)OC(n3cnc4c(=O)[nH]c(NC(=O)COc5ccc(C(C)C)cc5)nc43)[C@@H]2O[Si](C)(C)C(C)(C)C)(c2ccccc2)c2ccccc2)cc1. The highest BCUT2D eigenvalue weighted by atomic mass is 31.2. The summed E-state index contributed by atoms with van der Waals surface area (Å²) < 4.78 is 51.6. The zero-order valence-electron chi connectivity index (χ0n) is 44.7. The van der Waals surface area contributed by atoms with Crippen molar-refractivity contribution in [1.29, 1.82) is 5.26 Å². The summed E-state index contributed by atoms with van der Waals surface area (Å²) >= 11 is 0. The Hall–Kier alpha value is -5.80. The van der Waals surface area contributed by atoms with Crippen LogP contribution in [0.4, 0.5) is 5.95 Å². The van der Waals surface area contributed by atoms with E-state index in [1.165, 1.54) is 6.33 Å². The van der Waals surface area contributed by atoms with Crippen molar-refractivity contribution in [2.24, 2.45) is 0 Å². The highest BCUT2D eigenvalue weighted by Gasteiger charge is 2.56. The zero-order chi connectivity index (χ0) is 53.4. The second-order valence-corrected chi connectivity index (χ2v) is 27.0. The molecule has 4 aromatic carbocycles. The normalized spacial score (nSPS) is 17.8. The van der Waals surface area contributed by atoms with E-state index in [1.54, 1.807) is 11.7 Å². The first kappa shape index (κ1) is 55.9. The molecule has 1 fully saturated rings. The summed E-state index contributed by atoms with van der Waals surface area (Å²) in [7, 11) is -2.86. The monoisotopic (exact) mass is 1050 g/mol. The number of benzene rings is 4. The van der Waals surface area contributed by atoms with Crippen molar-refractivity contribution < 1.29 is 37.2 Å². The van der Waals surface area contributed by atoms with Gasteiger partial charge in [-0.2, -0.15) is 10.2 Å². The first-order valence-corrected chi connectivity index (χ1v) is 29.3. The van der Waals surface area contributed by atoms with Crippen LogP contribution in [-0.4, -0.2) is 95.7 Å². The molecule has 0 spiro atoms. The van der Waals surface area contributed by atoms with E-state index >= 15 is 0 Å². The number of amides is 1. The van der Waals surface area contributed by atoms with Crippen molar-refractivity contribution in [1.82, 2.24) is 24.2 Å². The van der Waals surface area contributed by atoms with Crippen LogP contribution in [-0.2, 0) is 33.3 Å². The van der Waals surface area contributed by atoms with Gasteiger partial charge in [-0.05, 0) is 98.3 Å². The van der Waals surface area contributed by atoms with Crippen LogP contribution in [0.1, 0.15) is 103 Å². The van der Waals surface area contributed by atoms with Crippen LogP contribution in [0.2, 0.25) is 18.1 Å². The molecule has 1 amide bonds. The first-order chi connectivity index (χ1) is 35.3. The number of aromatic amines is 1. The maximum Gasteiger partial charge on any atom is 0.280 e. The number of rotatable bonds is 23. The van der Waals surface area contributed by atoms with Crippen molar-refractivity contribution in [3.8, 4) is 17.6 Å². The van der Waals surface area contributed by atoms with Crippen LogP contribution in [0.15, 0.2) is 120 Å². The van der Waals surface area contributed by atoms with Gasteiger partial charge in [-0.25, -0.2) is 9.65 Å². The highest BCUT2D eigenvalue weighted by Crippen LogP contribution is 2.51. The molecule has 16 nitrogen and oxygen atoms in total. The van der Waals surface area contributed by atoms with E-state index in [1.807, 2.05) is 109 Å². The van der Waals surface area contributed by atoms with E-state index in [0.29, 0.717) is 17.4 Å². The number of H-pyrrole nitrogens is 1. The number of fused-ring (bicyclic) bond motifs is 1. The van der Waals surface area contributed by atoms with Gasteiger partial charge in [0.05, 0.1) is 39.1 Å². The lowest BCUT2D eigenvalue weighted by molar-refractivity contribution is -0.118. The lowest BCUT2D eigenvalue weighted by atomic mass is 9.79. The highest BCUT2D eigenvalue weighted by molar-refractivity contribution is 7.44. The number of hydrogen-bond donors (Lipinski definition) is 2. The predicted octanol–water partition coefficient (Wildman–Crippen LogP) is 11.2. The van der Waals surface area contributed by atoms with Crippen molar-refractivity contribution in [2.75, 3.05) is 32.2 Å². The van der Waals surface area contributed by atoms with Gasteiger partial charge in [0.25, 0.3) is 20.0 Å². The first-order valence-electron chi connectivity index (χ1n) is 25.2. The second kappa shape index (κ2) is 24.2. The third-order valence-electron chi connectivity index (χ3n) is 13.6. The fraction of sp³-hybridized carbons (Fsp3) is 0.446. The number of hydrogen-bond acceptors (Lipinski definition) is 13. The maximum absolute atomic E-state index is 13.9. The Kier molecular flexibility index (Phi) is 18.3. The molecule has 0 radical (unpaired) electrons. The minimum Gasteiger partial charge on any atom is -0.497 e. The summed E-state index contributed by atoms with van der Waals surface area (Å²) in [5.74, 6) is 0.913. The summed E-state index contributed by atoms with van der Waals surface area (Å²) in [6, 6.07) is 37.8. The quantitative estimate of drug-likeness (QED) is 0.0268. The van der Waals surface area contributed by atoms with Crippen LogP contribution in [0.25, 0.3) is 11.2 Å². The van der Waals surface area contributed by atoms with Crippen LogP contribution in [0.5, 0.6) is 11.5 Å². The molecule has 0 saturated carbocycles. The molecular weight excluding hydrogens is 974 g/mol. The van der Waals surface area contributed by atoms with Gasteiger partial charge < -0.3 is 32.4 Å². The van der Waals surface area contributed by atoms with Crippen LogP contribution in [0.3, 0.4) is 0 Å². The van der Waals surface area contributed by atoms with E-state index in [4.69, 9.17) is 37.4 Å². The number of ether oxygens (including phenoxy) is 4. The lowest BCUT2D eigenvalue weighted by Gasteiger charge is -2.44. The number of aromatic nitrogens is 4. The fourth-order valence-corrected chi connectivity index (χ4v) is 11.7. The number of nitriles is 1. The Labute approximate surface area is 437 Å². The van der Waals surface area contributed by atoms with E-state index in [0.717, 1.165) is 22.3 Å². The largest absolute Gasteiger partial charge is 0.497 e. The third-order valence-corrected chi connectivity index (χ3v) is 20.1. The van der Waals surface area contributed by atoms with Gasteiger partial charge in [-0.1, -0.05) is 120 Å². The van der Waals surface area contributed by atoms with Gasteiger partial charge in [0.15, 0.2) is 32.3 Å². The summed E-state index contributed by atoms with van der Waals surface area (Å²) in [4.78, 5) is 39.4. The predicted molar refractivity (Wildman–Crippen MR) is 291 cm³/mol. The molecule has 0 bridgehead atoms. The van der Waals surface area contributed by atoms with Crippen molar-refractivity contribution in [3.05, 3.63) is 148 Å². The number of carbonyl (C=O) groups excluding carboxylic acids is 1. The fourth-order valence-electron chi connectivity index (χ4n) is 8.82. The van der Waals surface area contributed by atoms with Gasteiger partial charge >= 0.3 is 0 Å². The third kappa shape index (κ3) is 12.6. The molecule has 2 aromatic heterocycles. The molecule has 3 heterocycles. The van der Waals surface area contributed by atoms with Crippen LogP contribution in [0, 0.1) is 11.3 Å². The van der Waals surface area contributed by atoms with Gasteiger partial charge in [-0.3, -0.25) is 24.5 Å². The smallest absolute Gasteiger partial charge is 0.280 e. The number of imidazole rings is 1. The minimum atomic E-state index is -2.76.